The SMILES string of the molecule is O=C1/C(=C/c2cc3ccccc3nc2N2CCCCC2)SC(=S)N1Cc1ccco1. The quantitative estimate of drug-likeness (QED) is 0.414. The third-order valence-electron chi connectivity index (χ3n) is 5.44. The van der Waals surface area contributed by atoms with Gasteiger partial charge < -0.3 is 9.32 Å². The Balaban J connectivity index is 1.52. The molecule has 0 unspecified atom stereocenters. The van der Waals surface area contributed by atoms with Crippen molar-refractivity contribution in [2.75, 3.05) is 18.0 Å². The van der Waals surface area contributed by atoms with E-state index in [0.29, 0.717) is 21.5 Å². The maximum Gasteiger partial charge on any atom is 0.266 e. The summed E-state index contributed by atoms with van der Waals surface area (Å²) >= 11 is 6.82. The third kappa shape index (κ3) is 3.75. The van der Waals surface area contributed by atoms with Gasteiger partial charge in [-0.15, -0.1) is 0 Å². The number of para-hydroxylation sites is 1. The largest absolute Gasteiger partial charge is 0.467 e. The zero-order chi connectivity index (χ0) is 20.5. The Morgan fingerprint density at radius 2 is 1.97 bits per heavy atom. The molecule has 1 aromatic carbocycles. The van der Waals surface area contributed by atoms with E-state index in [2.05, 4.69) is 17.0 Å². The zero-order valence-electron chi connectivity index (χ0n) is 16.4. The first-order valence-corrected chi connectivity index (χ1v) is 11.3. The Hall–Kier alpha value is -2.64. The molecule has 2 aliphatic heterocycles. The Kier molecular flexibility index (Phi) is 5.31. The Morgan fingerprint density at radius 1 is 1.13 bits per heavy atom. The lowest BCUT2D eigenvalue weighted by Gasteiger charge is -2.29. The van der Waals surface area contributed by atoms with Gasteiger partial charge in [0.1, 0.15) is 15.9 Å². The first kappa shape index (κ1) is 19.3. The molecule has 2 saturated heterocycles. The summed E-state index contributed by atoms with van der Waals surface area (Å²) in [4.78, 5) is 22.6. The molecule has 152 valence electrons. The first-order valence-electron chi connectivity index (χ1n) is 10.1. The van der Waals surface area contributed by atoms with Gasteiger partial charge >= 0.3 is 0 Å². The molecule has 0 atom stereocenters. The molecule has 7 heteroatoms. The average Bonchev–Trinajstić information content (AvgIpc) is 3.38. The highest BCUT2D eigenvalue weighted by molar-refractivity contribution is 8.26. The van der Waals surface area contributed by atoms with Gasteiger partial charge in [-0.1, -0.05) is 42.2 Å². The van der Waals surface area contributed by atoms with Gasteiger partial charge in [-0.2, -0.15) is 0 Å². The molecule has 0 saturated carbocycles. The molecule has 2 aromatic heterocycles. The van der Waals surface area contributed by atoms with Crippen molar-refractivity contribution >= 4 is 57.0 Å². The van der Waals surface area contributed by atoms with Crippen molar-refractivity contribution in [1.82, 2.24) is 9.88 Å². The molecule has 1 amide bonds. The molecule has 2 fully saturated rings. The maximum absolute atomic E-state index is 13.1. The minimum Gasteiger partial charge on any atom is -0.467 e. The van der Waals surface area contributed by atoms with Crippen molar-refractivity contribution in [2.24, 2.45) is 0 Å². The molecular weight excluding hydrogens is 414 g/mol. The first-order chi connectivity index (χ1) is 14.7. The third-order valence-corrected chi connectivity index (χ3v) is 6.82. The fraction of sp³-hybridized carbons (Fsp3) is 0.261. The van der Waals surface area contributed by atoms with E-state index in [1.54, 1.807) is 11.2 Å². The lowest BCUT2D eigenvalue weighted by molar-refractivity contribution is -0.122. The number of pyridine rings is 1. The van der Waals surface area contributed by atoms with Crippen LogP contribution in [0.4, 0.5) is 5.82 Å². The van der Waals surface area contributed by atoms with Gasteiger partial charge in [-0.25, -0.2) is 4.98 Å². The number of thioether (sulfide) groups is 1. The van der Waals surface area contributed by atoms with E-state index in [1.165, 1.54) is 31.0 Å². The number of benzene rings is 1. The lowest BCUT2D eigenvalue weighted by Crippen LogP contribution is -2.30. The number of amides is 1. The second-order valence-corrected chi connectivity index (χ2v) is 9.16. The van der Waals surface area contributed by atoms with Crippen LogP contribution in [0.15, 0.2) is 58.1 Å². The van der Waals surface area contributed by atoms with Gasteiger partial charge in [0.05, 0.1) is 23.2 Å². The summed E-state index contributed by atoms with van der Waals surface area (Å²) in [6.07, 6.45) is 7.14. The van der Waals surface area contributed by atoms with Crippen LogP contribution in [0.3, 0.4) is 0 Å². The van der Waals surface area contributed by atoms with Crippen molar-refractivity contribution in [1.29, 1.82) is 0 Å². The summed E-state index contributed by atoms with van der Waals surface area (Å²) < 4.78 is 5.95. The predicted octanol–water partition coefficient (Wildman–Crippen LogP) is 5.22. The number of carbonyl (C=O) groups excluding carboxylic acids is 1. The van der Waals surface area contributed by atoms with Crippen LogP contribution in [0.2, 0.25) is 0 Å². The van der Waals surface area contributed by atoms with Crippen molar-refractivity contribution in [3.8, 4) is 0 Å². The van der Waals surface area contributed by atoms with Gasteiger partial charge in [0.15, 0.2) is 0 Å². The number of furan rings is 1. The summed E-state index contributed by atoms with van der Waals surface area (Å²) in [6.45, 7) is 2.33. The molecule has 3 aromatic rings. The van der Waals surface area contributed by atoms with E-state index in [1.807, 2.05) is 36.4 Å². The lowest BCUT2D eigenvalue weighted by atomic mass is 10.1. The molecule has 30 heavy (non-hydrogen) atoms. The predicted molar refractivity (Wildman–Crippen MR) is 125 cm³/mol. The highest BCUT2D eigenvalue weighted by atomic mass is 32.2. The van der Waals surface area contributed by atoms with Crippen molar-refractivity contribution in [3.05, 3.63) is 65.0 Å². The number of hydrogen-bond acceptors (Lipinski definition) is 6. The number of hydrogen-bond donors (Lipinski definition) is 0. The minimum absolute atomic E-state index is 0.0841. The summed E-state index contributed by atoms with van der Waals surface area (Å²) in [5.41, 5.74) is 1.94. The minimum atomic E-state index is -0.0841. The zero-order valence-corrected chi connectivity index (χ0v) is 18.0. The van der Waals surface area contributed by atoms with E-state index >= 15 is 0 Å². The van der Waals surface area contributed by atoms with Gasteiger partial charge in [0, 0.05) is 24.0 Å². The number of anilines is 1. The fourth-order valence-corrected chi connectivity index (χ4v) is 5.17. The number of aromatic nitrogens is 1. The maximum atomic E-state index is 13.1. The molecule has 4 heterocycles. The van der Waals surface area contributed by atoms with Crippen LogP contribution in [0, 0.1) is 0 Å². The number of nitrogens with zero attached hydrogens (tertiary/aromatic N) is 3. The van der Waals surface area contributed by atoms with Crippen molar-refractivity contribution in [2.45, 2.75) is 25.8 Å². The standard InChI is InChI=1S/C23H21N3O2S2/c27-22-20(30-23(29)26(22)15-18-8-6-12-28-18)14-17-13-16-7-2-3-9-19(16)24-21(17)25-10-4-1-5-11-25/h2-3,6-9,12-14H,1,4-5,10-11,15H2/b20-14-. The Labute approximate surface area is 184 Å². The molecular formula is C23H21N3O2S2. The molecule has 0 N–H and O–H groups in total. The van der Waals surface area contributed by atoms with Crippen molar-refractivity contribution in [3.63, 3.8) is 0 Å². The highest BCUT2D eigenvalue weighted by Crippen LogP contribution is 2.36. The fourth-order valence-electron chi connectivity index (χ4n) is 3.92. The highest BCUT2D eigenvalue weighted by Gasteiger charge is 2.33. The van der Waals surface area contributed by atoms with Crippen LogP contribution in [0.1, 0.15) is 30.6 Å². The van der Waals surface area contributed by atoms with Crippen LogP contribution in [-0.4, -0.2) is 33.2 Å². The Bertz CT molecular complexity index is 1130. The molecule has 5 rings (SSSR count). The van der Waals surface area contributed by atoms with E-state index in [9.17, 15) is 4.79 Å². The topological polar surface area (TPSA) is 49.6 Å². The Morgan fingerprint density at radius 3 is 2.77 bits per heavy atom. The summed E-state index contributed by atoms with van der Waals surface area (Å²) in [5, 5.41) is 1.07. The van der Waals surface area contributed by atoms with E-state index in [0.717, 1.165) is 35.4 Å². The van der Waals surface area contributed by atoms with Gasteiger partial charge in [0.25, 0.3) is 5.91 Å². The number of thiocarbonyl (C=S) groups is 1. The smallest absolute Gasteiger partial charge is 0.266 e. The number of carbonyl (C=O) groups is 1. The summed E-state index contributed by atoms with van der Waals surface area (Å²) in [6, 6.07) is 13.9. The van der Waals surface area contributed by atoms with E-state index in [-0.39, 0.29) is 5.91 Å². The van der Waals surface area contributed by atoms with Gasteiger partial charge in [-0.05, 0) is 49.6 Å². The molecule has 0 spiro atoms. The average molecular weight is 436 g/mol. The number of piperidine rings is 1. The molecule has 5 nitrogen and oxygen atoms in total. The van der Waals surface area contributed by atoms with E-state index in [4.69, 9.17) is 21.6 Å². The van der Waals surface area contributed by atoms with Crippen LogP contribution in [-0.2, 0) is 11.3 Å². The molecule has 2 aliphatic rings. The van der Waals surface area contributed by atoms with Crippen LogP contribution in [0.5, 0.6) is 0 Å². The molecule has 0 aliphatic carbocycles. The van der Waals surface area contributed by atoms with Crippen LogP contribution >= 0.6 is 24.0 Å². The van der Waals surface area contributed by atoms with Crippen LogP contribution in [0.25, 0.3) is 17.0 Å². The number of fused-ring (bicyclic) bond motifs is 1. The summed E-state index contributed by atoms with van der Waals surface area (Å²) in [5.74, 6) is 1.58. The monoisotopic (exact) mass is 435 g/mol. The van der Waals surface area contributed by atoms with Gasteiger partial charge in [-0.3, -0.25) is 9.69 Å². The van der Waals surface area contributed by atoms with Crippen molar-refractivity contribution < 1.29 is 9.21 Å². The number of rotatable bonds is 4. The second kappa shape index (κ2) is 8.24. The van der Waals surface area contributed by atoms with Gasteiger partial charge in [0.2, 0.25) is 0 Å². The second-order valence-electron chi connectivity index (χ2n) is 7.49. The molecule has 0 radical (unpaired) electrons. The molecule has 0 bridgehead atoms. The van der Waals surface area contributed by atoms with Crippen LogP contribution < -0.4 is 4.90 Å². The van der Waals surface area contributed by atoms with E-state index < -0.39 is 0 Å². The summed E-state index contributed by atoms with van der Waals surface area (Å²) in [7, 11) is 0. The normalized spacial score (nSPS) is 18.7.